The molecule has 4 rings (SSSR count). The third-order valence-corrected chi connectivity index (χ3v) is 5.04. The lowest BCUT2D eigenvalue weighted by atomic mass is 10.2. The molecule has 0 spiro atoms. The second kappa shape index (κ2) is 11.0. The molecule has 0 aromatic carbocycles. The fourth-order valence-corrected chi connectivity index (χ4v) is 3.33. The minimum atomic E-state index is -0.606. The number of nitrogen functional groups attached to an aromatic ring is 1. The van der Waals surface area contributed by atoms with Crippen molar-refractivity contribution in [3.05, 3.63) is 46.0 Å². The summed E-state index contributed by atoms with van der Waals surface area (Å²) in [6, 6.07) is 4.82. The molecule has 0 aliphatic carbocycles. The Morgan fingerprint density at radius 2 is 1.55 bits per heavy atom. The van der Waals surface area contributed by atoms with Gasteiger partial charge in [0.2, 0.25) is 5.69 Å². The van der Waals surface area contributed by atoms with Crippen LogP contribution in [0.3, 0.4) is 0 Å². The van der Waals surface area contributed by atoms with Gasteiger partial charge >= 0.3 is 5.69 Å². The summed E-state index contributed by atoms with van der Waals surface area (Å²) in [6.07, 6.45) is 3.10. The lowest BCUT2D eigenvalue weighted by Crippen LogP contribution is -2.36. The Balaban J connectivity index is 0.000000186. The van der Waals surface area contributed by atoms with Crippen LogP contribution in [-0.2, 0) is 9.47 Å². The zero-order chi connectivity index (χ0) is 23.8. The standard InChI is InChI=1S/C10H10N4O3.C10H14N4O2/c11-6-9-10(14(15)16)5-8(7-12-9)13-1-3-17-4-2-13;11-8-5-7(6-13-9(8)10(12)15)14-1-3-16-4-2-14/h5,7H,1-4H2;5-6H,1-4,11H2,(H2,12,15). The predicted octanol–water partition coefficient (Wildman–Crippen LogP) is 0.297. The summed E-state index contributed by atoms with van der Waals surface area (Å²) in [6.45, 7) is 5.51. The average Bonchev–Trinajstić information content (AvgIpc) is 2.84. The summed E-state index contributed by atoms with van der Waals surface area (Å²) >= 11 is 0. The van der Waals surface area contributed by atoms with Crippen molar-refractivity contribution >= 4 is 28.7 Å². The zero-order valence-electron chi connectivity index (χ0n) is 17.8. The van der Waals surface area contributed by atoms with Crippen LogP contribution in [0.4, 0.5) is 22.7 Å². The number of carbonyl (C=O) groups is 1. The van der Waals surface area contributed by atoms with E-state index in [2.05, 4.69) is 14.9 Å². The average molecular weight is 456 g/mol. The van der Waals surface area contributed by atoms with Gasteiger partial charge in [-0.15, -0.1) is 0 Å². The van der Waals surface area contributed by atoms with Crippen molar-refractivity contribution in [2.75, 3.05) is 68.1 Å². The maximum Gasteiger partial charge on any atom is 0.307 e. The second-order valence-electron chi connectivity index (χ2n) is 7.12. The number of amides is 1. The minimum Gasteiger partial charge on any atom is -0.397 e. The van der Waals surface area contributed by atoms with Crippen molar-refractivity contribution in [3.63, 3.8) is 0 Å². The van der Waals surface area contributed by atoms with Crippen molar-refractivity contribution in [1.29, 1.82) is 5.26 Å². The third kappa shape index (κ3) is 6.03. The molecular weight excluding hydrogens is 432 g/mol. The van der Waals surface area contributed by atoms with Crippen LogP contribution >= 0.6 is 0 Å². The van der Waals surface area contributed by atoms with Crippen molar-refractivity contribution < 1.29 is 19.2 Å². The number of pyridine rings is 2. The minimum absolute atomic E-state index is 0.122. The van der Waals surface area contributed by atoms with Gasteiger partial charge in [0.1, 0.15) is 6.07 Å². The highest BCUT2D eigenvalue weighted by Crippen LogP contribution is 2.23. The largest absolute Gasteiger partial charge is 0.397 e. The first kappa shape index (κ1) is 23.6. The van der Waals surface area contributed by atoms with Crippen LogP contribution in [0.5, 0.6) is 0 Å². The Hall–Kier alpha value is -4.02. The lowest BCUT2D eigenvalue weighted by molar-refractivity contribution is -0.385. The van der Waals surface area contributed by atoms with Crippen LogP contribution in [0.15, 0.2) is 24.5 Å². The molecule has 4 heterocycles. The number of nitriles is 1. The Morgan fingerprint density at radius 3 is 2.00 bits per heavy atom. The van der Waals surface area contributed by atoms with Gasteiger partial charge in [-0.1, -0.05) is 0 Å². The van der Waals surface area contributed by atoms with Gasteiger partial charge in [0.25, 0.3) is 5.91 Å². The van der Waals surface area contributed by atoms with Crippen molar-refractivity contribution in [3.8, 4) is 6.07 Å². The molecule has 2 aromatic rings. The highest BCUT2D eigenvalue weighted by molar-refractivity contribution is 5.96. The SMILES string of the molecule is N#Cc1ncc(N2CCOCC2)cc1[N+](=O)[O-].NC(=O)c1ncc(N2CCOCC2)cc1N. The van der Waals surface area contributed by atoms with E-state index in [4.69, 9.17) is 26.2 Å². The van der Waals surface area contributed by atoms with Gasteiger partial charge in [-0.05, 0) is 6.07 Å². The number of ether oxygens (including phenoxy) is 2. The van der Waals surface area contributed by atoms with Gasteiger partial charge in [-0.2, -0.15) is 5.26 Å². The zero-order valence-corrected chi connectivity index (χ0v) is 17.8. The molecule has 2 aliphatic rings. The topological polar surface area (TPSA) is 187 Å². The molecule has 2 saturated heterocycles. The Labute approximate surface area is 189 Å². The number of carbonyl (C=O) groups excluding carboxylic acids is 1. The number of hydrogen-bond acceptors (Lipinski definition) is 11. The summed E-state index contributed by atoms with van der Waals surface area (Å²) in [7, 11) is 0. The van der Waals surface area contributed by atoms with Gasteiger partial charge < -0.3 is 30.7 Å². The van der Waals surface area contributed by atoms with Gasteiger partial charge in [0, 0.05) is 32.2 Å². The predicted molar refractivity (Wildman–Crippen MR) is 119 cm³/mol. The highest BCUT2D eigenvalue weighted by Gasteiger charge is 2.20. The monoisotopic (exact) mass is 456 g/mol. The Kier molecular flexibility index (Phi) is 7.90. The summed E-state index contributed by atoms with van der Waals surface area (Å²) in [5.74, 6) is -0.606. The van der Waals surface area contributed by atoms with E-state index in [0.29, 0.717) is 50.9 Å². The second-order valence-corrected chi connectivity index (χ2v) is 7.12. The Bertz CT molecular complexity index is 1050. The number of nitro groups is 1. The van der Waals surface area contributed by atoms with E-state index in [1.54, 1.807) is 18.3 Å². The highest BCUT2D eigenvalue weighted by atomic mass is 16.6. The van der Waals surface area contributed by atoms with E-state index in [1.165, 1.54) is 12.3 Å². The van der Waals surface area contributed by atoms with E-state index in [9.17, 15) is 14.9 Å². The normalized spacial score (nSPS) is 15.7. The number of nitrogens with zero attached hydrogens (tertiary/aromatic N) is 6. The van der Waals surface area contributed by atoms with E-state index < -0.39 is 10.8 Å². The number of rotatable bonds is 4. The molecule has 174 valence electrons. The molecule has 0 bridgehead atoms. The fourth-order valence-electron chi connectivity index (χ4n) is 3.33. The first-order valence-corrected chi connectivity index (χ1v) is 10.2. The van der Waals surface area contributed by atoms with Gasteiger partial charge in [0.05, 0.1) is 60.8 Å². The smallest absolute Gasteiger partial charge is 0.307 e. The van der Waals surface area contributed by atoms with Crippen LogP contribution in [-0.4, -0.2) is 73.4 Å². The number of morpholine rings is 2. The van der Waals surface area contributed by atoms with Crippen LogP contribution in [0.25, 0.3) is 0 Å². The van der Waals surface area contributed by atoms with Crippen LogP contribution < -0.4 is 21.3 Å². The number of nitrogens with two attached hydrogens (primary N) is 2. The molecule has 0 radical (unpaired) electrons. The van der Waals surface area contributed by atoms with Gasteiger partial charge in [0.15, 0.2) is 5.69 Å². The summed E-state index contributed by atoms with van der Waals surface area (Å²) in [4.78, 5) is 33.0. The molecule has 2 aromatic heterocycles. The summed E-state index contributed by atoms with van der Waals surface area (Å²) in [5.41, 5.74) is 12.4. The van der Waals surface area contributed by atoms with Crippen molar-refractivity contribution in [1.82, 2.24) is 9.97 Å². The van der Waals surface area contributed by atoms with E-state index in [1.807, 2.05) is 4.90 Å². The van der Waals surface area contributed by atoms with Crippen LogP contribution in [0, 0.1) is 21.4 Å². The number of anilines is 3. The third-order valence-electron chi connectivity index (χ3n) is 5.04. The molecule has 4 N–H and O–H groups in total. The summed E-state index contributed by atoms with van der Waals surface area (Å²) in [5, 5.41) is 19.5. The maximum absolute atomic E-state index is 11.0. The van der Waals surface area contributed by atoms with E-state index in [-0.39, 0.29) is 17.1 Å². The molecule has 0 atom stereocenters. The number of primary amides is 1. The summed E-state index contributed by atoms with van der Waals surface area (Å²) < 4.78 is 10.4. The molecule has 0 saturated carbocycles. The molecule has 0 unspecified atom stereocenters. The Morgan fingerprint density at radius 1 is 1.03 bits per heavy atom. The fraction of sp³-hybridized carbons (Fsp3) is 0.400. The molecule has 33 heavy (non-hydrogen) atoms. The quantitative estimate of drug-likeness (QED) is 0.475. The number of aromatic nitrogens is 2. The molecule has 13 nitrogen and oxygen atoms in total. The molecule has 2 fully saturated rings. The molecule has 2 aliphatic heterocycles. The molecule has 1 amide bonds. The maximum atomic E-state index is 11.0. The van der Waals surface area contributed by atoms with E-state index >= 15 is 0 Å². The number of hydrogen-bond donors (Lipinski definition) is 2. The van der Waals surface area contributed by atoms with Gasteiger partial charge in [-0.3, -0.25) is 14.9 Å². The lowest BCUT2D eigenvalue weighted by Gasteiger charge is -2.28. The van der Waals surface area contributed by atoms with Crippen LogP contribution in [0.1, 0.15) is 16.2 Å². The first-order valence-electron chi connectivity index (χ1n) is 10.2. The molecular formula is C20H24N8O5. The van der Waals surface area contributed by atoms with Crippen molar-refractivity contribution in [2.45, 2.75) is 0 Å². The van der Waals surface area contributed by atoms with Gasteiger partial charge in [-0.25, -0.2) is 9.97 Å². The van der Waals surface area contributed by atoms with Crippen molar-refractivity contribution in [2.24, 2.45) is 5.73 Å². The molecule has 13 heteroatoms. The van der Waals surface area contributed by atoms with Crippen LogP contribution in [0.2, 0.25) is 0 Å². The van der Waals surface area contributed by atoms with E-state index in [0.717, 1.165) is 18.8 Å². The first-order chi connectivity index (χ1) is 15.9.